The molecule has 2 atom stereocenters. The number of rotatable bonds is 4. The van der Waals surface area contributed by atoms with Crippen molar-refractivity contribution in [1.29, 1.82) is 0 Å². The summed E-state index contributed by atoms with van der Waals surface area (Å²) in [5.41, 5.74) is 1.57. The lowest BCUT2D eigenvalue weighted by atomic mass is 9.97. The fourth-order valence-corrected chi connectivity index (χ4v) is 4.09. The van der Waals surface area contributed by atoms with Crippen molar-refractivity contribution in [2.75, 3.05) is 20.1 Å². The summed E-state index contributed by atoms with van der Waals surface area (Å²) >= 11 is 5.83. The molecule has 1 aromatic heterocycles. The molecule has 2 heterocycles. The van der Waals surface area contributed by atoms with Crippen molar-refractivity contribution in [2.45, 2.75) is 37.8 Å². The molecule has 0 bridgehead atoms. The molecule has 1 aliphatic heterocycles. The van der Waals surface area contributed by atoms with Crippen molar-refractivity contribution >= 4 is 23.5 Å². The van der Waals surface area contributed by atoms with Crippen LogP contribution in [0.15, 0.2) is 30.5 Å². The van der Waals surface area contributed by atoms with Gasteiger partial charge in [0.15, 0.2) is 0 Å². The molecule has 4 rings (SSSR count). The highest BCUT2D eigenvalue weighted by molar-refractivity contribution is 6.31. The maximum Gasteiger partial charge on any atom is 0.321 e. The fraction of sp³-hybridized carbons (Fsp3) is 0.409. The molecular formula is C22H23ClF2N4O2. The fourth-order valence-electron chi connectivity index (χ4n) is 3.92. The van der Waals surface area contributed by atoms with E-state index in [2.05, 4.69) is 10.3 Å². The lowest BCUT2D eigenvalue weighted by Crippen LogP contribution is -2.58. The summed E-state index contributed by atoms with van der Waals surface area (Å²) in [4.78, 5) is 32.6. The molecule has 6 nitrogen and oxygen atoms in total. The Morgan fingerprint density at radius 2 is 2.03 bits per heavy atom. The first-order chi connectivity index (χ1) is 14.8. The van der Waals surface area contributed by atoms with Gasteiger partial charge in [0.2, 0.25) is 5.91 Å². The minimum absolute atomic E-state index is 0.0531. The van der Waals surface area contributed by atoms with Crippen LogP contribution in [0.1, 0.15) is 48.5 Å². The number of urea groups is 1. The normalized spacial score (nSPS) is 19.7. The van der Waals surface area contributed by atoms with Crippen LogP contribution in [0.2, 0.25) is 5.02 Å². The highest BCUT2D eigenvalue weighted by atomic mass is 35.5. The van der Waals surface area contributed by atoms with E-state index in [9.17, 15) is 14.0 Å². The molecule has 1 aromatic carbocycles. The predicted molar refractivity (Wildman–Crippen MR) is 112 cm³/mol. The summed E-state index contributed by atoms with van der Waals surface area (Å²) in [5, 5.41) is 2.09. The molecule has 2 aliphatic rings. The molecule has 1 saturated heterocycles. The van der Waals surface area contributed by atoms with E-state index in [0.717, 1.165) is 24.6 Å². The second kappa shape index (κ2) is 8.42. The Bertz CT molecular complexity index is 1010. The van der Waals surface area contributed by atoms with E-state index in [-0.39, 0.29) is 11.5 Å². The molecular weight excluding hydrogens is 426 g/mol. The number of hydrogen-bond donors (Lipinski definition) is 1. The number of carbonyl (C=O) groups excluding carboxylic acids is 2. The van der Waals surface area contributed by atoms with Crippen molar-refractivity contribution in [3.63, 3.8) is 0 Å². The van der Waals surface area contributed by atoms with E-state index in [1.807, 2.05) is 6.07 Å². The molecule has 0 radical (unpaired) electrons. The van der Waals surface area contributed by atoms with E-state index in [1.165, 1.54) is 22.9 Å². The van der Waals surface area contributed by atoms with Gasteiger partial charge in [0.05, 0.1) is 6.04 Å². The Labute approximate surface area is 184 Å². The monoisotopic (exact) mass is 448 g/mol. The van der Waals surface area contributed by atoms with Crippen LogP contribution in [0.25, 0.3) is 0 Å². The molecule has 9 heteroatoms. The lowest BCUT2D eigenvalue weighted by Gasteiger charge is -2.38. The number of aromatic nitrogens is 1. The summed E-state index contributed by atoms with van der Waals surface area (Å²) in [7, 11) is 1.53. The van der Waals surface area contributed by atoms with Gasteiger partial charge in [-0.25, -0.2) is 13.6 Å². The average Bonchev–Trinajstić information content (AvgIpc) is 3.61. The van der Waals surface area contributed by atoms with Crippen LogP contribution in [0.5, 0.6) is 0 Å². The summed E-state index contributed by atoms with van der Waals surface area (Å²) in [6.45, 7) is 2.30. The van der Waals surface area contributed by atoms with E-state index in [1.54, 1.807) is 19.2 Å². The highest BCUT2D eigenvalue weighted by Gasteiger charge is 2.36. The summed E-state index contributed by atoms with van der Waals surface area (Å²) in [5.74, 6) is -1.62. The molecule has 2 aromatic rings. The molecule has 3 amide bonds. The summed E-state index contributed by atoms with van der Waals surface area (Å²) < 4.78 is 28.8. The van der Waals surface area contributed by atoms with Crippen LogP contribution in [-0.2, 0) is 4.79 Å². The van der Waals surface area contributed by atoms with Crippen molar-refractivity contribution in [3.8, 4) is 0 Å². The minimum Gasteiger partial charge on any atom is -0.353 e. The van der Waals surface area contributed by atoms with E-state index in [4.69, 9.17) is 11.6 Å². The largest absolute Gasteiger partial charge is 0.353 e. The first-order valence-electron chi connectivity index (χ1n) is 10.2. The first kappa shape index (κ1) is 21.5. The van der Waals surface area contributed by atoms with Gasteiger partial charge in [-0.2, -0.15) is 0 Å². The lowest BCUT2D eigenvalue weighted by molar-refractivity contribution is -0.127. The van der Waals surface area contributed by atoms with Gasteiger partial charge in [-0.3, -0.25) is 9.78 Å². The Kier molecular flexibility index (Phi) is 5.83. The number of piperazine rings is 1. The highest BCUT2D eigenvalue weighted by Crippen LogP contribution is 2.40. The van der Waals surface area contributed by atoms with Crippen LogP contribution < -0.4 is 5.32 Å². The first-order valence-corrected chi connectivity index (χ1v) is 10.6. The molecule has 0 spiro atoms. The standard InChI is InChI=1S/C22H23ClF2N4O2/c1-12-21(30)26-9-10-29(12)22(31)28(2)20(15-6-7-16(24)18(23)19(15)25)14-5-8-17(27-11-14)13-3-4-13/h5-8,11-13,20H,3-4,9-10H2,1-2H3,(H,26,30)/t12-,20?/m1/s1. The van der Waals surface area contributed by atoms with Gasteiger partial charge in [0.25, 0.3) is 0 Å². The van der Waals surface area contributed by atoms with Crippen molar-refractivity contribution in [2.24, 2.45) is 0 Å². The maximum absolute atomic E-state index is 15.0. The van der Waals surface area contributed by atoms with Gasteiger partial charge >= 0.3 is 6.03 Å². The SMILES string of the molecule is C[C@@H]1C(=O)NCCN1C(=O)N(C)C(c1ccc(C2CC2)nc1)c1ccc(F)c(Cl)c1F. The molecule has 164 valence electrons. The van der Waals surface area contributed by atoms with Gasteiger partial charge in [0, 0.05) is 43.5 Å². The number of halogens is 3. The Morgan fingerprint density at radius 3 is 2.68 bits per heavy atom. The molecule has 31 heavy (non-hydrogen) atoms. The zero-order valence-electron chi connectivity index (χ0n) is 17.2. The van der Waals surface area contributed by atoms with E-state index in [0.29, 0.717) is 24.6 Å². The Balaban J connectivity index is 1.73. The van der Waals surface area contributed by atoms with Crippen LogP contribution in [-0.4, -0.2) is 52.9 Å². The number of amides is 3. The van der Waals surface area contributed by atoms with Crippen molar-refractivity contribution in [3.05, 3.63) is 63.9 Å². The van der Waals surface area contributed by atoms with Gasteiger partial charge in [0.1, 0.15) is 22.7 Å². The number of benzene rings is 1. The molecule has 2 fully saturated rings. The number of pyridine rings is 1. The molecule has 1 N–H and O–H groups in total. The quantitative estimate of drug-likeness (QED) is 0.722. The number of nitrogens with one attached hydrogen (secondary N) is 1. The third kappa shape index (κ3) is 4.08. The zero-order chi connectivity index (χ0) is 22.3. The second-order valence-electron chi connectivity index (χ2n) is 8.01. The second-order valence-corrected chi connectivity index (χ2v) is 8.39. The smallest absolute Gasteiger partial charge is 0.321 e. The topological polar surface area (TPSA) is 65.5 Å². The van der Waals surface area contributed by atoms with E-state index < -0.39 is 34.8 Å². The predicted octanol–water partition coefficient (Wildman–Crippen LogP) is 3.85. The van der Waals surface area contributed by atoms with E-state index >= 15 is 4.39 Å². The maximum atomic E-state index is 15.0. The van der Waals surface area contributed by atoms with Crippen molar-refractivity contribution < 1.29 is 18.4 Å². The third-order valence-electron chi connectivity index (χ3n) is 5.91. The summed E-state index contributed by atoms with van der Waals surface area (Å²) in [6, 6.07) is 4.03. The molecule has 1 saturated carbocycles. The number of nitrogens with zero attached hydrogens (tertiary/aromatic N) is 3. The van der Waals surface area contributed by atoms with Crippen molar-refractivity contribution in [1.82, 2.24) is 20.1 Å². The molecule has 1 aliphatic carbocycles. The van der Waals surface area contributed by atoms with Crippen LogP contribution in [0, 0.1) is 11.6 Å². The number of hydrogen-bond acceptors (Lipinski definition) is 3. The molecule has 1 unspecified atom stereocenters. The average molecular weight is 449 g/mol. The van der Waals surface area contributed by atoms with Gasteiger partial charge in [-0.1, -0.05) is 23.7 Å². The number of carbonyl (C=O) groups is 2. The Morgan fingerprint density at radius 1 is 1.29 bits per heavy atom. The zero-order valence-corrected chi connectivity index (χ0v) is 18.0. The third-order valence-corrected chi connectivity index (χ3v) is 6.26. The van der Waals surface area contributed by atoms with Gasteiger partial charge in [-0.05, 0) is 37.5 Å². The summed E-state index contributed by atoms with van der Waals surface area (Å²) in [6.07, 6.45) is 3.79. The van der Waals surface area contributed by atoms with Gasteiger partial charge in [-0.15, -0.1) is 0 Å². The van der Waals surface area contributed by atoms with Crippen LogP contribution >= 0.6 is 11.6 Å². The van der Waals surface area contributed by atoms with Crippen LogP contribution in [0.3, 0.4) is 0 Å². The van der Waals surface area contributed by atoms with Crippen LogP contribution in [0.4, 0.5) is 13.6 Å². The Hall–Kier alpha value is -2.74. The minimum atomic E-state index is -0.929. The van der Waals surface area contributed by atoms with Gasteiger partial charge < -0.3 is 15.1 Å².